The Morgan fingerprint density at radius 2 is 2.20 bits per heavy atom. The molecule has 0 amide bonds. The minimum absolute atomic E-state index is 0.551. The summed E-state index contributed by atoms with van der Waals surface area (Å²) < 4.78 is 0. The number of carbonyl (C=O) groups is 1. The van der Waals surface area contributed by atoms with Gasteiger partial charge in [-0.05, 0) is 6.07 Å². The second-order valence-electron chi connectivity index (χ2n) is 2.25. The summed E-state index contributed by atoms with van der Waals surface area (Å²) in [5, 5.41) is 0. The van der Waals surface area contributed by atoms with Gasteiger partial charge in [-0.25, -0.2) is 0 Å². The molecule has 0 unspecified atom stereocenters. The second-order valence-corrected chi connectivity index (χ2v) is 2.25. The molecule has 0 saturated carbocycles. The maximum Gasteiger partial charge on any atom is 0.152 e. The van der Waals surface area contributed by atoms with Crippen molar-refractivity contribution >= 4 is 25.3 Å². The van der Waals surface area contributed by atoms with Gasteiger partial charge in [-0.1, -0.05) is 17.6 Å². The molecule has 0 bridgehead atoms. The van der Waals surface area contributed by atoms with Gasteiger partial charge in [0.2, 0.25) is 0 Å². The lowest BCUT2D eigenvalue weighted by Gasteiger charge is -1.97. The summed E-state index contributed by atoms with van der Waals surface area (Å²) in [5.41, 5.74) is 7.68. The van der Waals surface area contributed by atoms with E-state index in [0.717, 1.165) is 11.7 Å². The summed E-state index contributed by atoms with van der Waals surface area (Å²) in [7, 11) is 1.94. The molecular weight excluding hydrogens is 125 g/mol. The van der Waals surface area contributed by atoms with Gasteiger partial charge in [0.25, 0.3) is 0 Å². The molecule has 10 heavy (non-hydrogen) atoms. The van der Waals surface area contributed by atoms with Crippen molar-refractivity contribution in [2.24, 2.45) is 0 Å². The van der Waals surface area contributed by atoms with Crippen LogP contribution in [0.1, 0.15) is 10.4 Å². The smallest absolute Gasteiger partial charge is 0.152 e. The maximum atomic E-state index is 10.3. The maximum absolute atomic E-state index is 10.3. The van der Waals surface area contributed by atoms with Crippen LogP contribution in [0.3, 0.4) is 0 Å². The van der Waals surface area contributed by atoms with E-state index in [1.807, 2.05) is 13.9 Å². The van der Waals surface area contributed by atoms with E-state index >= 15 is 0 Å². The van der Waals surface area contributed by atoms with Crippen molar-refractivity contribution in [1.82, 2.24) is 0 Å². The molecule has 0 aliphatic heterocycles. The molecule has 2 N–H and O–H groups in total. The zero-order valence-corrected chi connectivity index (χ0v) is 5.79. The Balaban J connectivity index is 3.19. The molecular formula is C7H8BNO. The van der Waals surface area contributed by atoms with Crippen molar-refractivity contribution in [2.45, 2.75) is 0 Å². The summed E-state index contributed by atoms with van der Waals surface area (Å²) in [4.78, 5) is 10.3. The van der Waals surface area contributed by atoms with Gasteiger partial charge in [0.15, 0.2) is 6.29 Å². The first kappa shape index (κ1) is 6.87. The number of nitrogen functional groups attached to an aromatic ring is 1. The summed E-state index contributed by atoms with van der Waals surface area (Å²) in [6.45, 7) is 0. The Morgan fingerprint density at radius 1 is 1.50 bits per heavy atom. The number of aldehydes is 1. The first-order chi connectivity index (χ1) is 4.74. The third kappa shape index (κ3) is 1.18. The van der Waals surface area contributed by atoms with Gasteiger partial charge < -0.3 is 5.73 Å². The zero-order chi connectivity index (χ0) is 7.56. The van der Waals surface area contributed by atoms with Gasteiger partial charge in [-0.3, -0.25) is 4.79 Å². The Kier molecular flexibility index (Phi) is 1.76. The molecule has 0 atom stereocenters. The molecule has 0 heterocycles. The van der Waals surface area contributed by atoms with Crippen LogP contribution in [-0.2, 0) is 0 Å². The predicted molar refractivity (Wildman–Crippen MR) is 44.4 cm³/mol. The zero-order valence-electron chi connectivity index (χ0n) is 5.79. The largest absolute Gasteiger partial charge is 0.398 e. The van der Waals surface area contributed by atoms with E-state index in [2.05, 4.69) is 0 Å². The number of benzene rings is 1. The molecule has 0 aromatic heterocycles. The van der Waals surface area contributed by atoms with E-state index in [9.17, 15) is 4.79 Å². The summed E-state index contributed by atoms with van der Waals surface area (Å²) >= 11 is 0. The Labute approximate surface area is 60.4 Å². The fourth-order valence-corrected chi connectivity index (χ4v) is 0.802. The quantitative estimate of drug-likeness (QED) is 0.314. The SMILES string of the molecule is Bc1ccc(C=O)c(N)c1. The first-order valence-corrected chi connectivity index (χ1v) is 3.05. The lowest BCUT2D eigenvalue weighted by molar-refractivity contribution is 0.112. The summed E-state index contributed by atoms with van der Waals surface area (Å²) in [6, 6.07) is 5.36. The van der Waals surface area contributed by atoms with Crippen LogP contribution < -0.4 is 11.2 Å². The average molecular weight is 133 g/mol. The predicted octanol–water partition coefficient (Wildman–Crippen LogP) is -0.660. The number of hydrogen-bond acceptors (Lipinski definition) is 2. The second kappa shape index (κ2) is 2.56. The summed E-state index contributed by atoms with van der Waals surface area (Å²) in [5.74, 6) is 0. The van der Waals surface area contributed by atoms with Crippen molar-refractivity contribution in [3.63, 3.8) is 0 Å². The van der Waals surface area contributed by atoms with Crippen LogP contribution in [0, 0.1) is 0 Å². The van der Waals surface area contributed by atoms with Crippen LogP contribution in [0.4, 0.5) is 5.69 Å². The van der Waals surface area contributed by atoms with Gasteiger partial charge in [-0.15, -0.1) is 0 Å². The third-order valence-corrected chi connectivity index (χ3v) is 1.37. The molecule has 0 spiro atoms. The van der Waals surface area contributed by atoms with Crippen LogP contribution in [0.25, 0.3) is 0 Å². The minimum atomic E-state index is 0.551. The fourth-order valence-electron chi connectivity index (χ4n) is 0.802. The normalized spacial score (nSPS) is 9.20. The molecule has 50 valence electrons. The molecule has 1 rings (SSSR count). The number of carbonyl (C=O) groups excluding carboxylic acids is 1. The average Bonchev–Trinajstić information content (AvgIpc) is 1.88. The lowest BCUT2D eigenvalue weighted by atomic mass is 9.94. The lowest BCUT2D eigenvalue weighted by Crippen LogP contribution is -2.04. The minimum Gasteiger partial charge on any atom is -0.398 e. The molecule has 0 radical (unpaired) electrons. The van der Waals surface area contributed by atoms with Gasteiger partial charge >= 0.3 is 0 Å². The highest BCUT2D eigenvalue weighted by molar-refractivity contribution is 6.32. The monoisotopic (exact) mass is 133 g/mol. The molecule has 0 aliphatic rings. The molecule has 0 aliphatic carbocycles. The van der Waals surface area contributed by atoms with E-state index < -0.39 is 0 Å². The van der Waals surface area contributed by atoms with Crippen LogP contribution >= 0.6 is 0 Å². The van der Waals surface area contributed by atoms with Crippen LogP contribution in [0.5, 0.6) is 0 Å². The van der Waals surface area contributed by atoms with Crippen molar-refractivity contribution in [2.75, 3.05) is 5.73 Å². The van der Waals surface area contributed by atoms with Gasteiger partial charge in [0.05, 0.1) is 0 Å². The first-order valence-electron chi connectivity index (χ1n) is 3.05. The number of anilines is 1. The summed E-state index contributed by atoms with van der Waals surface area (Å²) in [6.07, 6.45) is 0.759. The Bertz CT molecular complexity index is 260. The van der Waals surface area contributed by atoms with Crippen molar-refractivity contribution < 1.29 is 4.79 Å². The standard InChI is InChI=1S/C7H8BNO/c8-6-2-1-5(4-10)7(9)3-6/h1-4H,8-9H2. The third-order valence-electron chi connectivity index (χ3n) is 1.37. The molecule has 3 heteroatoms. The van der Waals surface area contributed by atoms with Gasteiger partial charge in [0.1, 0.15) is 7.85 Å². The van der Waals surface area contributed by atoms with Crippen molar-refractivity contribution in [1.29, 1.82) is 0 Å². The van der Waals surface area contributed by atoms with Crippen molar-refractivity contribution in [3.05, 3.63) is 23.8 Å². The Hall–Kier alpha value is -1.25. The number of rotatable bonds is 1. The number of hydrogen-bond donors (Lipinski definition) is 1. The van der Waals surface area contributed by atoms with Gasteiger partial charge in [-0.2, -0.15) is 0 Å². The fraction of sp³-hybridized carbons (Fsp3) is 0. The van der Waals surface area contributed by atoms with E-state index in [4.69, 9.17) is 5.73 Å². The van der Waals surface area contributed by atoms with Crippen molar-refractivity contribution in [3.8, 4) is 0 Å². The van der Waals surface area contributed by atoms with E-state index in [1.54, 1.807) is 12.1 Å². The van der Waals surface area contributed by atoms with Crippen LogP contribution in [0.2, 0.25) is 0 Å². The van der Waals surface area contributed by atoms with Gasteiger partial charge in [0, 0.05) is 11.3 Å². The van der Waals surface area contributed by atoms with E-state index in [1.165, 1.54) is 0 Å². The van der Waals surface area contributed by atoms with Crippen LogP contribution in [0.15, 0.2) is 18.2 Å². The number of nitrogens with two attached hydrogens (primary N) is 1. The molecule has 2 nitrogen and oxygen atoms in total. The highest BCUT2D eigenvalue weighted by atomic mass is 16.1. The highest BCUT2D eigenvalue weighted by Crippen LogP contribution is 2.04. The van der Waals surface area contributed by atoms with E-state index in [-0.39, 0.29) is 0 Å². The molecule has 0 fully saturated rings. The van der Waals surface area contributed by atoms with E-state index in [0.29, 0.717) is 11.3 Å². The Morgan fingerprint density at radius 3 is 2.70 bits per heavy atom. The molecule has 1 aromatic carbocycles. The molecule has 0 saturated heterocycles. The molecule has 1 aromatic rings. The highest BCUT2D eigenvalue weighted by Gasteiger charge is 1.94. The van der Waals surface area contributed by atoms with Crippen LogP contribution in [-0.4, -0.2) is 14.1 Å². The topological polar surface area (TPSA) is 43.1 Å².